The molecule has 15 heavy (non-hydrogen) atoms. The van der Waals surface area contributed by atoms with Crippen molar-refractivity contribution in [2.75, 3.05) is 14.2 Å². The van der Waals surface area contributed by atoms with Crippen molar-refractivity contribution in [1.82, 2.24) is 0 Å². The van der Waals surface area contributed by atoms with E-state index in [1.165, 1.54) is 0 Å². The Morgan fingerprint density at radius 3 is 1.80 bits per heavy atom. The average Bonchev–Trinajstić information content (AvgIpc) is 2.04. The summed E-state index contributed by atoms with van der Waals surface area (Å²) in [6.45, 7) is 3.17. The lowest BCUT2D eigenvalue weighted by atomic mass is 10.2. The van der Waals surface area contributed by atoms with Gasteiger partial charge in [0.2, 0.25) is 0 Å². The second-order valence-corrected chi connectivity index (χ2v) is 2.90. The summed E-state index contributed by atoms with van der Waals surface area (Å²) in [5, 5.41) is 24.1. The molecule has 5 nitrogen and oxygen atoms in total. The van der Waals surface area contributed by atoms with E-state index in [0.29, 0.717) is 6.42 Å². The topological polar surface area (TPSA) is 87.0 Å². The van der Waals surface area contributed by atoms with Crippen LogP contribution in [0.3, 0.4) is 0 Å². The first-order valence-electron chi connectivity index (χ1n) is 4.88. The number of carboxylic acid groups (broad SMARTS) is 1. The summed E-state index contributed by atoms with van der Waals surface area (Å²) in [5.74, 6) is -0.833. The summed E-state index contributed by atoms with van der Waals surface area (Å²) in [6.07, 6.45) is 2.58. The summed E-state index contributed by atoms with van der Waals surface area (Å²) >= 11 is 0. The predicted molar refractivity (Wildman–Crippen MR) is 58.6 cm³/mol. The molecule has 0 aromatic rings. The highest BCUT2D eigenvalue weighted by Crippen LogP contribution is 1.99. The van der Waals surface area contributed by atoms with Gasteiger partial charge in [0, 0.05) is 21.1 Å². The number of rotatable bonds is 4. The smallest absolute Gasteiger partial charge is 0.300 e. The Kier molecular flexibility index (Phi) is 25.2. The van der Waals surface area contributed by atoms with E-state index in [1.807, 2.05) is 0 Å². The van der Waals surface area contributed by atoms with Crippen LogP contribution in [0.2, 0.25) is 0 Å². The lowest BCUT2D eigenvalue weighted by Gasteiger charge is -1.99. The van der Waals surface area contributed by atoms with Gasteiger partial charge >= 0.3 is 0 Å². The monoisotopic (exact) mass is 224 g/mol. The molecule has 0 aromatic heterocycles. The number of aliphatic hydroxyl groups is 2. The van der Waals surface area contributed by atoms with Gasteiger partial charge in [-0.3, -0.25) is 4.79 Å². The van der Waals surface area contributed by atoms with Crippen LogP contribution in [0.25, 0.3) is 0 Å². The minimum Gasteiger partial charge on any atom is -0.481 e. The summed E-state index contributed by atoms with van der Waals surface area (Å²) in [4.78, 5) is 9.00. The van der Waals surface area contributed by atoms with E-state index in [4.69, 9.17) is 20.1 Å². The van der Waals surface area contributed by atoms with Crippen molar-refractivity contribution >= 4 is 5.97 Å². The lowest BCUT2D eigenvalue weighted by molar-refractivity contribution is -0.134. The first kappa shape index (κ1) is 19.9. The van der Waals surface area contributed by atoms with Gasteiger partial charge in [0.05, 0.1) is 0 Å². The maximum Gasteiger partial charge on any atom is 0.300 e. The van der Waals surface area contributed by atoms with Crippen molar-refractivity contribution in [2.45, 2.75) is 45.8 Å². The van der Waals surface area contributed by atoms with Gasteiger partial charge < -0.3 is 20.1 Å². The van der Waals surface area contributed by atoms with E-state index >= 15 is 0 Å². The Morgan fingerprint density at radius 1 is 1.27 bits per heavy atom. The molecule has 5 heteroatoms. The molecule has 0 aliphatic carbocycles. The van der Waals surface area contributed by atoms with Gasteiger partial charge in [-0.2, -0.15) is 0 Å². The van der Waals surface area contributed by atoms with Gasteiger partial charge in [0.1, 0.15) is 0 Å². The van der Waals surface area contributed by atoms with Crippen LogP contribution in [-0.2, 0) is 9.53 Å². The van der Waals surface area contributed by atoms with E-state index in [2.05, 4.69) is 11.7 Å². The first-order chi connectivity index (χ1) is 6.92. The molecule has 0 aliphatic heterocycles. The van der Waals surface area contributed by atoms with Crippen LogP contribution in [0, 0.1) is 0 Å². The summed E-state index contributed by atoms with van der Waals surface area (Å²) in [7, 11) is 3.25. The highest BCUT2D eigenvalue weighted by Gasteiger charge is 1.93. The zero-order valence-electron chi connectivity index (χ0n) is 10.1. The quantitative estimate of drug-likeness (QED) is 0.494. The van der Waals surface area contributed by atoms with Crippen LogP contribution in [0.15, 0.2) is 0 Å². The molecule has 0 heterocycles. The second kappa shape index (κ2) is 19.0. The first-order valence-corrected chi connectivity index (χ1v) is 4.88. The van der Waals surface area contributed by atoms with E-state index in [0.717, 1.165) is 26.2 Å². The molecule has 94 valence electrons. The van der Waals surface area contributed by atoms with Crippen LogP contribution < -0.4 is 0 Å². The van der Waals surface area contributed by atoms with E-state index in [9.17, 15) is 0 Å². The van der Waals surface area contributed by atoms with Gasteiger partial charge in [0.25, 0.3) is 5.97 Å². The fourth-order valence-electron chi connectivity index (χ4n) is 0.577. The van der Waals surface area contributed by atoms with Crippen molar-refractivity contribution in [3.05, 3.63) is 0 Å². The zero-order chi connectivity index (χ0) is 12.7. The van der Waals surface area contributed by atoms with Crippen LogP contribution in [-0.4, -0.2) is 41.8 Å². The Hall–Kier alpha value is -0.650. The Bertz CT molecular complexity index is 110. The number of hydrogen-bond donors (Lipinski definition) is 3. The third-order valence-corrected chi connectivity index (χ3v) is 1.07. The summed E-state index contributed by atoms with van der Waals surface area (Å²) < 4.78 is 4.25. The Morgan fingerprint density at radius 2 is 1.60 bits per heavy atom. The molecule has 0 saturated heterocycles. The van der Waals surface area contributed by atoms with E-state index in [-0.39, 0.29) is 0 Å². The zero-order valence-corrected chi connectivity index (χ0v) is 10.1. The average molecular weight is 224 g/mol. The molecule has 3 N–H and O–H groups in total. The number of aliphatic hydroxyl groups excluding tert-OH is 1. The second-order valence-electron chi connectivity index (χ2n) is 2.90. The number of methoxy groups -OCH3 is 1. The molecule has 0 aromatic carbocycles. The molecule has 0 radical (unpaired) electrons. The molecule has 0 rings (SSSR count). The highest BCUT2D eigenvalue weighted by atomic mass is 16.5. The molecule has 0 aliphatic rings. The van der Waals surface area contributed by atoms with Crippen molar-refractivity contribution in [1.29, 1.82) is 0 Å². The molecular formula is C10H24O5. The number of aliphatic carboxylic acids is 1. The SMILES string of the molecule is CC(=O)O.CCCCCC(O)O.COC. The predicted octanol–water partition coefficient (Wildman–Crippen LogP) is 1.23. The van der Waals surface area contributed by atoms with E-state index in [1.54, 1.807) is 14.2 Å². The van der Waals surface area contributed by atoms with Gasteiger partial charge in [-0.05, 0) is 12.8 Å². The van der Waals surface area contributed by atoms with Gasteiger partial charge in [0.15, 0.2) is 6.29 Å². The number of ether oxygens (including phenoxy) is 1. The molecule has 0 atom stereocenters. The minimum atomic E-state index is -1.10. The molecule has 0 spiro atoms. The third-order valence-electron chi connectivity index (χ3n) is 1.07. The normalized spacial score (nSPS) is 8.47. The van der Waals surface area contributed by atoms with Gasteiger partial charge in [-0.15, -0.1) is 0 Å². The van der Waals surface area contributed by atoms with E-state index < -0.39 is 12.3 Å². The van der Waals surface area contributed by atoms with Crippen LogP contribution in [0.1, 0.15) is 39.5 Å². The maximum atomic E-state index is 9.00. The number of carboxylic acids is 1. The maximum absolute atomic E-state index is 9.00. The van der Waals surface area contributed by atoms with Crippen molar-refractivity contribution in [2.24, 2.45) is 0 Å². The number of hydrogen-bond acceptors (Lipinski definition) is 4. The summed E-state index contributed by atoms with van der Waals surface area (Å²) in [5.41, 5.74) is 0. The molecular weight excluding hydrogens is 200 g/mol. The molecule has 0 bridgehead atoms. The number of unbranched alkanes of at least 4 members (excludes halogenated alkanes) is 2. The van der Waals surface area contributed by atoms with Crippen LogP contribution in [0.4, 0.5) is 0 Å². The minimum absolute atomic E-state index is 0.522. The van der Waals surface area contributed by atoms with Crippen molar-refractivity contribution < 1.29 is 24.9 Å². The van der Waals surface area contributed by atoms with Crippen LogP contribution in [0.5, 0.6) is 0 Å². The largest absolute Gasteiger partial charge is 0.481 e. The molecule has 0 fully saturated rings. The molecule has 0 unspecified atom stereocenters. The molecule has 0 amide bonds. The standard InChI is InChI=1S/C6H14O2.C2H4O2.C2H6O/c1-2-3-4-5-6(7)8;1-2(3)4;1-3-2/h6-8H,2-5H2,1H3;1H3,(H,3,4);1-2H3. The Labute approximate surface area is 91.7 Å². The number of carbonyl (C=O) groups is 1. The Balaban J connectivity index is -0.000000173. The van der Waals surface area contributed by atoms with Crippen molar-refractivity contribution in [3.63, 3.8) is 0 Å². The fourth-order valence-corrected chi connectivity index (χ4v) is 0.577. The van der Waals surface area contributed by atoms with Crippen LogP contribution >= 0.6 is 0 Å². The molecule has 0 saturated carbocycles. The fraction of sp³-hybridized carbons (Fsp3) is 0.900. The van der Waals surface area contributed by atoms with Crippen molar-refractivity contribution in [3.8, 4) is 0 Å². The van der Waals surface area contributed by atoms with Gasteiger partial charge in [-0.1, -0.05) is 19.8 Å². The summed E-state index contributed by atoms with van der Waals surface area (Å²) in [6, 6.07) is 0. The lowest BCUT2D eigenvalue weighted by Crippen LogP contribution is -2.02. The third kappa shape index (κ3) is 90.9. The highest BCUT2D eigenvalue weighted by molar-refractivity contribution is 5.62. The van der Waals surface area contributed by atoms with Gasteiger partial charge in [-0.25, -0.2) is 0 Å².